The van der Waals surface area contributed by atoms with Gasteiger partial charge in [0.25, 0.3) is 0 Å². The Kier molecular flexibility index (Phi) is 6.90. The summed E-state index contributed by atoms with van der Waals surface area (Å²) in [5, 5.41) is 6.12. The molecule has 2 N–H and O–H groups in total. The summed E-state index contributed by atoms with van der Waals surface area (Å²) in [7, 11) is 1.69. The quantitative estimate of drug-likeness (QED) is 0.472. The summed E-state index contributed by atoms with van der Waals surface area (Å²) in [5.74, 6) is 2.31. The molecule has 0 aliphatic carbocycles. The number of rotatable bonds is 6. The maximum Gasteiger partial charge on any atom is 0.216 e. The normalized spacial score (nSPS) is 17.7. The lowest BCUT2D eigenvalue weighted by molar-refractivity contribution is -0.118. The zero-order chi connectivity index (χ0) is 17.4. The van der Waals surface area contributed by atoms with Gasteiger partial charge >= 0.3 is 0 Å². The Labute approximate surface area is 144 Å². The van der Waals surface area contributed by atoms with E-state index in [1.807, 2.05) is 12.1 Å². The van der Waals surface area contributed by atoms with Gasteiger partial charge in [-0.2, -0.15) is 0 Å². The number of aliphatic imine (C=N–C) groups is 1. The summed E-state index contributed by atoms with van der Waals surface area (Å²) in [6.07, 6.45) is 1.11. The Hall–Kier alpha value is -2.24. The van der Waals surface area contributed by atoms with E-state index in [1.54, 1.807) is 7.11 Å². The lowest BCUT2D eigenvalue weighted by Gasteiger charge is -2.22. The second-order valence-electron chi connectivity index (χ2n) is 5.92. The number of carbonyl (C=O) groups is 1. The van der Waals surface area contributed by atoms with Crippen molar-refractivity contribution in [3.63, 3.8) is 0 Å². The predicted molar refractivity (Wildman–Crippen MR) is 96.6 cm³/mol. The highest BCUT2D eigenvalue weighted by Gasteiger charge is 2.25. The van der Waals surface area contributed by atoms with Gasteiger partial charge in [-0.05, 0) is 31.0 Å². The van der Waals surface area contributed by atoms with Crippen LogP contribution in [0.2, 0.25) is 0 Å². The van der Waals surface area contributed by atoms with Gasteiger partial charge in [-0.25, -0.2) is 0 Å². The molecule has 132 valence electrons. The standard InChI is InChI=1S/C18H28N4O2/c1-4-19-18(21-11-10-20-14(2)23)22-12-9-16(13-22)15-5-7-17(24-3)8-6-15/h5-8,16H,4,9-13H2,1-3H3,(H,19,21)(H,20,23). The smallest absolute Gasteiger partial charge is 0.216 e. The third-order valence-corrected chi connectivity index (χ3v) is 4.16. The number of benzene rings is 1. The second-order valence-corrected chi connectivity index (χ2v) is 5.92. The first kappa shape index (κ1) is 18.1. The average Bonchev–Trinajstić information content (AvgIpc) is 3.07. The molecule has 1 unspecified atom stereocenters. The van der Waals surface area contributed by atoms with Crippen LogP contribution in [0, 0.1) is 0 Å². The molecule has 1 heterocycles. The molecule has 0 aromatic heterocycles. The van der Waals surface area contributed by atoms with Crippen LogP contribution in [-0.2, 0) is 4.79 Å². The number of guanidine groups is 1. The lowest BCUT2D eigenvalue weighted by Crippen LogP contribution is -2.40. The number of carbonyl (C=O) groups excluding carboxylic acids is 1. The van der Waals surface area contributed by atoms with E-state index in [-0.39, 0.29) is 5.91 Å². The zero-order valence-corrected chi connectivity index (χ0v) is 14.8. The summed E-state index contributed by atoms with van der Waals surface area (Å²) in [4.78, 5) is 17.8. The van der Waals surface area contributed by atoms with Crippen LogP contribution < -0.4 is 15.4 Å². The van der Waals surface area contributed by atoms with Crippen LogP contribution in [0.25, 0.3) is 0 Å². The zero-order valence-electron chi connectivity index (χ0n) is 14.8. The van der Waals surface area contributed by atoms with Gasteiger partial charge in [0.05, 0.1) is 13.7 Å². The number of likely N-dealkylation sites (tertiary alicyclic amines) is 1. The Morgan fingerprint density at radius 1 is 1.33 bits per heavy atom. The fourth-order valence-electron chi connectivity index (χ4n) is 2.92. The SMILES string of the molecule is CCNC(=NCCNC(C)=O)N1CCC(c2ccc(OC)cc2)C1. The van der Waals surface area contributed by atoms with Crippen molar-refractivity contribution in [2.24, 2.45) is 4.99 Å². The minimum atomic E-state index is -0.0176. The summed E-state index contributed by atoms with van der Waals surface area (Å²) < 4.78 is 5.23. The van der Waals surface area contributed by atoms with Gasteiger partial charge < -0.3 is 20.3 Å². The van der Waals surface area contributed by atoms with E-state index in [9.17, 15) is 4.79 Å². The number of methoxy groups -OCH3 is 1. The highest BCUT2D eigenvalue weighted by molar-refractivity contribution is 5.80. The van der Waals surface area contributed by atoms with E-state index in [1.165, 1.54) is 12.5 Å². The minimum absolute atomic E-state index is 0.0176. The maximum absolute atomic E-state index is 10.9. The van der Waals surface area contributed by atoms with Crippen molar-refractivity contribution in [1.29, 1.82) is 0 Å². The van der Waals surface area contributed by atoms with Crippen molar-refractivity contribution in [1.82, 2.24) is 15.5 Å². The molecule has 0 spiro atoms. The molecular formula is C18H28N4O2. The molecule has 1 aromatic carbocycles. The van der Waals surface area contributed by atoms with Crippen molar-refractivity contribution in [2.75, 3.05) is 39.8 Å². The molecule has 1 amide bonds. The highest BCUT2D eigenvalue weighted by Crippen LogP contribution is 2.28. The molecule has 1 aromatic rings. The van der Waals surface area contributed by atoms with E-state index in [0.29, 0.717) is 19.0 Å². The number of nitrogens with one attached hydrogen (secondary N) is 2. The van der Waals surface area contributed by atoms with Crippen LogP contribution in [0.3, 0.4) is 0 Å². The van der Waals surface area contributed by atoms with E-state index in [0.717, 1.165) is 37.8 Å². The second kappa shape index (κ2) is 9.15. The van der Waals surface area contributed by atoms with Gasteiger partial charge in [-0.3, -0.25) is 9.79 Å². The lowest BCUT2D eigenvalue weighted by atomic mass is 9.98. The first-order valence-corrected chi connectivity index (χ1v) is 8.55. The molecule has 1 atom stereocenters. The molecule has 6 nitrogen and oxygen atoms in total. The Bertz CT molecular complexity index is 557. The molecule has 1 saturated heterocycles. The summed E-state index contributed by atoms with van der Waals surface area (Å²) in [6, 6.07) is 8.33. The molecule has 6 heteroatoms. The van der Waals surface area contributed by atoms with Crippen LogP contribution in [0.1, 0.15) is 31.7 Å². The molecular weight excluding hydrogens is 304 g/mol. The fraction of sp³-hybridized carbons (Fsp3) is 0.556. The Balaban J connectivity index is 1.94. The number of hydrogen-bond acceptors (Lipinski definition) is 3. The number of nitrogens with zero attached hydrogens (tertiary/aromatic N) is 2. The molecule has 2 rings (SSSR count). The number of amides is 1. The molecule has 1 fully saturated rings. The fourth-order valence-corrected chi connectivity index (χ4v) is 2.92. The van der Waals surface area contributed by atoms with Crippen LogP contribution in [0.5, 0.6) is 5.75 Å². The molecule has 1 aliphatic heterocycles. The predicted octanol–water partition coefficient (Wildman–Crippen LogP) is 1.59. The van der Waals surface area contributed by atoms with E-state index >= 15 is 0 Å². The first-order chi connectivity index (χ1) is 11.6. The summed E-state index contributed by atoms with van der Waals surface area (Å²) in [6.45, 7) is 7.53. The largest absolute Gasteiger partial charge is 0.497 e. The van der Waals surface area contributed by atoms with E-state index in [4.69, 9.17) is 4.74 Å². The van der Waals surface area contributed by atoms with Crippen molar-refractivity contribution in [2.45, 2.75) is 26.2 Å². The molecule has 24 heavy (non-hydrogen) atoms. The number of ether oxygens (including phenoxy) is 1. The van der Waals surface area contributed by atoms with Crippen molar-refractivity contribution < 1.29 is 9.53 Å². The molecule has 1 aliphatic rings. The topological polar surface area (TPSA) is 66.0 Å². The highest BCUT2D eigenvalue weighted by atomic mass is 16.5. The van der Waals surface area contributed by atoms with Gasteiger partial charge in [0.2, 0.25) is 5.91 Å². The monoisotopic (exact) mass is 332 g/mol. The van der Waals surface area contributed by atoms with Crippen molar-refractivity contribution >= 4 is 11.9 Å². The summed E-state index contributed by atoms with van der Waals surface area (Å²) >= 11 is 0. The minimum Gasteiger partial charge on any atom is -0.497 e. The Morgan fingerprint density at radius 3 is 2.71 bits per heavy atom. The van der Waals surface area contributed by atoms with Gasteiger partial charge in [0.15, 0.2) is 5.96 Å². The van der Waals surface area contributed by atoms with Crippen LogP contribution in [0.4, 0.5) is 0 Å². The van der Waals surface area contributed by atoms with Gasteiger partial charge in [0.1, 0.15) is 5.75 Å². The number of hydrogen-bond donors (Lipinski definition) is 2. The molecule has 0 bridgehead atoms. The Morgan fingerprint density at radius 2 is 2.08 bits per heavy atom. The van der Waals surface area contributed by atoms with Crippen LogP contribution in [0.15, 0.2) is 29.3 Å². The third kappa shape index (κ3) is 5.15. The van der Waals surface area contributed by atoms with Crippen molar-refractivity contribution in [3.8, 4) is 5.75 Å². The van der Waals surface area contributed by atoms with E-state index < -0.39 is 0 Å². The molecule has 0 radical (unpaired) electrons. The van der Waals surface area contributed by atoms with Gasteiger partial charge in [0, 0.05) is 39.0 Å². The van der Waals surface area contributed by atoms with Crippen LogP contribution in [-0.4, -0.2) is 56.6 Å². The first-order valence-electron chi connectivity index (χ1n) is 8.55. The molecule has 0 saturated carbocycles. The van der Waals surface area contributed by atoms with Crippen molar-refractivity contribution in [3.05, 3.63) is 29.8 Å². The van der Waals surface area contributed by atoms with E-state index in [2.05, 4.69) is 39.6 Å². The van der Waals surface area contributed by atoms with Gasteiger partial charge in [-0.1, -0.05) is 12.1 Å². The summed E-state index contributed by atoms with van der Waals surface area (Å²) in [5.41, 5.74) is 1.34. The third-order valence-electron chi connectivity index (χ3n) is 4.16. The average molecular weight is 332 g/mol. The maximum atomic E-state index is 10.9. The van der Waals surface area contributed by atoms with Crippen LogP contribution >= 0.6 is 0 Å². The van der Waals surface area contributed by atoms with Gasteiger partial charge in [-0.15, -0.1) is 0 Å².